The first-order chi connectivity index (χ1) is 10.1. The Morgan fingerprint density at radius 1 is 0.857 bits per heavy atom. The Kier molecular flexibility index (Phi) is 3.48. The number of hydrogen-bond donors (Lipinski definition) is 1. The molecule has 0 aliphatic rings. The van der Waals surface area contributed by atoms with E-state index in [0.29, 0.717) is 5.39 Å². The molecule has 3 aromatic rings. The summed E-state index contributed by atoms with van der Waals surface area (Å²) in [6, 6.07) is 16.2. The van der Waals surface area contributed by atoms with Crippen molar-refractivity contribution in [2.45, 2.75) is 20.0 Å². The molecule has 3 aromatic carbocycles. The van der Waals surface area contributed by atoms with E-state index in [0.717, 1.165) is 22.1 Å². The molecule has 0 spiro atoms. The van der Waals surface area contributed by atoms with Crippen molar-refractivity contribution in [2.75, 3.05) is 0 Å². The number of fused-ring (bicyclic) bond motifs is 1. The van der Waals surface area contributed by atoms with Crippen molar-refractivity contribution in [3.63, 3.8) is 0 Å². The van der Waals surface area contributed by atoms with Gasteiger partial charge in [0.25, 0.3) is 0 Å². The van der Waals surface area contributed by atoms with Crippen molar-refractivity contribution in [3.8, 4) is 0 Å². The number of aliphatic hydroxyl groups is 1. The highest BCUT2D eigenvalue weighted by molar-refractivity contribution is 5.87. The largest absolute Gasteiger partial charge is 0.384 e. The van der Waals surface area contributed by atoms with Crippen molar-refractivity contribution in [1.29, 1.82) is 0 Å². The van der Waals surface area contributed by atoms with Gasteiger partial charge in [0, 0.05) is 5.39 Å². The van der Waals surface area contributed by atoms with Crippen LogP contribution in [0.2, 0.25) is 0 Å². The zero-order valence-electron chi connectivity index (χ0n) is 12.1. The lowest BCUT2D eigenvalue weighted by Gasteiger charge is -2.16. The average Bonchev–Trinajstić information content (AvgIpc) is 2.50. The van der Waals surface area contributed by atoms with Gasteiger partial charge in [-0.1, -0.05) is 48.5 Å². The third-order valence-corrected chi connectivity index (χ3v) is 4.05. The Morgan fingerprint density at radius 2 is 1.57 bits per heavy atom. The number of aliphatic hydroxyl groups excluding tert-OH is 1. The molecule has 3 rings (SSSR count). The molecule has 0 radical (unpaired) electrons. The third kappa shape index (κ3) is 2.43. The van der Waals surface area contributed by atoms with E-state index >= 15 is 0 Å². The lowest BCUT2D eigenvalue weighted by Crippen LogP contribution is -2.02. The molecule has 0 aliphatic carbocycles. The molecule has 0 saturated carbocycles. The molecule has 0 heterocycles. The van der Waals surface area contributed by atoms with E-state index in [2.05, 4.69) is 0 Å². The second-order valence-corrected chi connectivity index (χ2v) is 5.43. The van der Waals surface area contributed by atoms with Crippen LogP contribution in [0.15, 0.2) is 54.6 Å². The van der Waals surface area contributed by atoms with Crippen molar-refractivity contribution in [1.82, 2.24) is 0 Å². The number of halogens is 1. The number of benzene rings is 3. The Labute approximate surface area is 123 Å². The maximum atomic E-state index is 13.9. The van der Waals surface area contributed by atoms with Gasteiger partial charge in [-0.25, -0.2) is 4.39 Å². The Balaban J connectivity index is 2.15. The van der Waals surface area contributed by atoms with Gasteiger partial charge in [0.1, 0.15) is 11.9 Å². The van der Waals surface area contributed by atoms with Gasteiger partial charge < -0.3 is 5.11 Å². The third-order valence-electron chi connectivity index (χ3n) is 4.05. The molecule has 1 N–H and O–H groups in total. The van der Waals surface area contributed by atoms with Crippen LogP contribution in [-0.4, -0.2) is 5.11 Å². The number of hydrogen-bond acceptors (Lipinski definition) is 1. The smallest absolute Gasteiger partial charge is 0.131 e. The monoisotopic (exact) mass is 280 g/mol. The first kappa shape index (κ1) is 13.8. The molecule has 1 unspecified atom stereocenters. The van der Waals surface area contributed by atoms with E-state index in [9.17, 15) is 9.50 Å². The standard InChI is InChI=1S/C19H17FO/c1-12-7-8-14(11-13(12)2)19(21)17-9-10-18(20)16-6-4-3-5-15(16)17/h3-11,19,21H,1-2H3. The summed E-state index contributed by atoms with van der Waals surface area (Å²) in [6.45, 7) is 4.06. The Morgan fingerprint density at radius 3 is 2.29 bits per heavy atom. The molecule has 0 aliphatic heterocycles. The maximum absolute atomic E-state index is 13.9. The summed E-state index contributed by atoms with van der Waals surface area (Å²) in [4.78, 5) is 0. The molecule has 2 heteroatoms. The molecule has 1 atom stereocenters. The van der Waals surface area contributed by atoms with Gasteiger partial charge in [0.15, 0.2) is 0 Å². The van der Waals surface area contributed by atoms with Crippen LogP contribution in [0.3, 0.4) is 0 Å². The van der Waals surface area contributed by atoms with Crippen LogP contribution in [0.4, 0.5) is 4.39 Å². The molecule has 0 fully saturated rings. The molecule has 0 bridgehead atoms. The first-order valence-corrected chi connectivity index (χ1v) is 7.00. The van der Waals surface area contributed by atoms with Gasteiger partial charge in [0.2, 0.25) is 0 Å². The number of rotatable bonds is 2. The van der Waals surface area contributed by atoms with Crippen LogP contribution < -0.4 is 0 Å². The Hall–Kier alpha value is -2.19. The fraction of sp³-hybridized carbons (Fsp3) is 0.158. The fourth-order valence-corrected chi connectivity index (χ4v) is 2.64. The molecule has 0 saturated heterocycles. The van der Waals surface area contributed by atoms with Crippen molar-refractivity contribution in [3.05, 3.63) is 82.7 Å². The van der Waals surface area contributed by atoms with E-state index in [1.165, 1.54) is 11.6 Å². The molecular formula is C19H17FO. The van der Waals surface area contributed by atoms with Crippen LogP contribution in [0.5, 0.6) is 0 Å². The van der Waals surface area contributed by atoms with Crippen molar-refractivity contribution in [2.24, 2.45) is 0 Å². The second kappa shape index (κ2) is 5.30. The molecule has 0 aromatic heterocycles. The second-order valence-electron chi connectivity index (χ2n) is 5.43. The van der Waals surface area contributed by atoms with Gasteiger partial charge in [0.05, 0.1) is 0 Å². The summed E-state index contributed by atoms with van der Waals surface area (Å²) >= 11 is 0. The predicted molar refractivity (Wildman–Crippen MR) is 83.9 cm³/mol. The van der Waals surface area contributed by atoms with Crippen LogP contribution in [0.25, 0.3) is 10.8 Å². The Bertz CT molecular complexity index is 808. The first-order valence-electron chi connectivity index (χ1n) is 7.00. The van der Waals surface area contributed by atoms with Crippen LogP contribution in [-0.2, 0) is 0 Å². The van der Waals surface area contributed by atoms with E-state index in [-0.39, 0.29) is 5.82 Å². The van der Waals surface area contributed by atoms with Gasteiger partial charge >= 0.3 is 0 Å². The zero-order chi connectivity index (χ0) is 15.0. The van der Waals surface area contributed by atoms with Crippen LogP contribution in [0.1, 0.15) is 28.4 Å². The molecule has 106 valence electrons. The zero-order valence-corrected chi connectivity index (χ0v) is 12.1. The highest BCUT2D eigenvalue weighted by Gasteiger charge is 2.15. The summed E-state index contributed by atoms with van der Waals surface area (Å²) in [7, 11) is 0. The lowest BCUT2D eigenvalue weighted by atomic mass is 9.94. The van der Waals surface area contributed by atoms with E-state index in [4.69, 9.17) is 0 Å². The SMILES string of the molecule is Cc1ccc(C(O)c2ccc(F)c3ccccc23)cc1C. The van der Waals surface area contributed by atoms with Gasteiger partial charge in [-0.2, -0.15) is 0 Å². The topological polar surface area (TPSA) is 20.2 Å². The highest BCUT2D eigenvalue weighted by Crippen LogP contribution is 2.31. The minimum absolute atomic E-state index is 0.262. The fourth-order valence-electron chi connectivity index (χ4n) is 2.64. The van der Waals surface area contributed by atoms with Gasteiger partial charge in [-0.3, -0.25) is 0 Å². The average molecular weight is 280 g/mol. The number of aryl methyl sites for hydroxylation is 2. The van der Waals surface area contributed by atoms with Crippen molar-refractivity contribution >= 4 is 10.8 Å². The summed E-state index contributed by atoms with van der Waals surface area (Å²) in [5.41, 5.74) is 3.89. The molecule has 0 amide bonds. The lowest BCUT2D eigenvalue weighted by molar-refractivity contribution is 0.221. The van der Waals surface area contributed by atoms with E-state index in [1.54, 1.807) is 18.2 Å². The molecule has 21 heavy (non-hydrogen) atoms. The van der Waals surface area contributed by atoms with Gasteiger partial charge in [-0.05, 0) is 47.6 Å². The molecule has 1 nitrogen and oxygen atoms in total. The quantitative estimate of drug-likeness (QED) is 0.722. The summed E-state index contributed by atoms with van der Waals surface area (Å²) < 4.78 is 13.9. The molecular weight excluding hydrogens is 263 g/mol. The highest BCUT2D eigenvalue weighted by atomic mass is 19.1. The maximum Gasteiger partial charge on any atom is 0.131 e. The summed E-state index contributed by atoms with van der Waals surface area (Å²) in [5.74, 6) is -0.262. The summed E-state index contributed by atoms with van der Waals surface area (Å²) in [6.07, 6.45) is -0.755. The minimum Gasteiger partial charge on any atom is -0.384 e. The van der Waals surface area contributed by atoms with E-state index < -0.39 is 6.10 Å². The predicted octanol–water partition coefficient (Wildman–Crippen LogP) is 4.68. The van der Waals surface area contributed by atoms with Crippen LogP contribution in [0, 0.1) is 19.7 Å². The summed E-state index contributed by atoms with van der Waals surface area (Å²) in [5, 5.41) is 12.0. The minimum atomic E-state index is -0.755. The van der Waals surface area contributed by atoms with E-state index in [1.807, 2.05) is 44.2 Å². The van der Waals surface area contributed by atoms with Crippen LogP contribution >= 0.6 is 0 Å². The normalized spacial score (nSPS) is 12.6. The van der Waals surface area contributed by atoms with Gasteiger partial charge in [-0.15, -0.1) is 0 Å². The van der Waals surface area contributed by atoms with Crippen molar-refractivity contribution < 1.29 is 9.50 Å².